The highest BCUT2D eigenvalue weighted by atomic mass is 35.5. The number of carbonyl (C=O) groups is 1. The average Bonchev–Trinajstić information content (AvgIpc) is 2.49. The van der Waals surface area contributed by atoms with E-state index < -0.39 is 0 Å². The van der Waals surface area contributed by atoms with Crippen LogP contribution in [0, 0.1) is 5.92 Å². The molecule has 1 aliphatic rings. The number of likely N-dealkylation sites (tertiary alicyclic amines) is 1. The van der Waals surface area contributed by atoms with Gasteiger partial charge in [0.1, 0.15) is 5.75 Å². The molecule has 0 aliphatic carbocycles. The van der Waals surface area contributed by atoms with Crippen LogP contribution in [-0.2, 0) is 11.2 Å². The maximum absolute atomic E-state index is 12.6. The zero-order chi connectivity index (χ0) is 15.9. The first-order chi connectivity index (χ1) is 10.6. The van der Waals surface area contributed by atoms with Crippen LogP contribution >= 0.6 is 12.4 Å². The highest BCUT2D eigenvalue weighted by Crippen LogP contribution is 2.22. The number of para-hydroxylation sites is 1. The van der Waals surface area contributed by atoms with Crippen molar-refractivity contribution in [2.45, 2.75) is 39.2 Å². The molecule has 1 aromatic rings. The van der Waals surface area contributed by atoms with Crippen LogP contribution in [0.3, 0.4) is 0 Å². The molecule has 1 heterocycles. The first-order valence-electron chi connectivity index (χ1n) is 8.27. The van der Waals surface area contributed by atoms with Crippen molar-refractivity contribution in [2.75, 3.05) is 26.7 Å². The zero-order valence-corrected chi connectivity index (χ0v) is 15.2. The summed E-state index contributed by atoms with van der Waals surface area (Å²) in [7, 11) is 1.97. The summed E-state index contributed by atoms with van der Waals surface area (Å²) in [6.45, 7) is 6.74. The van der Waals surface area contributed by atoms with Crippen molar-refractivity contribution in [3.05, 3.63) is 29.8 Å². The number of hydrogen-bond donors (Lipinski definition) is 1. The van der Waals surface area contributed by atoms with E-state index in [1.54, 1.807) is 0 Å². The fourth-order valence-electron chi connectivity index (χ4n) is 3.04. The lowest BCUT2D eigenvalue weighted by Crippen LogP contribution is -2.43. The molecule has 0 radical (unpaired) electrons. The van der Waals surface area contributed by atoms with Gasteiger partial charge < -0.3 is 15.0 Å². The topological polar surface area (TPSA) is 41.6 Å². The average molecular weight is 341 g/mol. The number of carbonyl (C=O) groups excluding carboxylic acids is 1. The third-order valence-corrected chi connectivity index (χ3v) is 4.04. The molecule has 1 aliphatic heterocycles. The van der Waals surface area contributed by atoms with Crippen LogP contribution in [0.2, 0.25) is 0 Å². The molecular formula is C18H29ClN2O2. The maximum atomic E-state index is 12.6. The molecule has 2 rings (SSSR count). The molecule has 1 unspecified atom stereocenters. The lowest BCUT2D eigenvalue weighted by atomic mass is 9.97. The predicted octanol–water partition coefficient (Wildman–Crippen LogP) is 2.90. The Balaban J connectivity index is 0.00000264. The molecule has 1 saturated heterocycles. The largest absolute Gasteiger partial charge is 0.491 e. The second-order valence-corrected chi connectivity index (χ2v) is 6.36. The highest BCUT2D eigenvalue weighted by Gasteiger charge is 2.23. The van der Waals surface area contributed by atoms with Crippen molar-refractivity contribution in [3.8, 4) is 5.75 Å². The van der Waals surface area contributed by atoms with Crippen molar-refractivity contribution in [1.82, 2.24) is 10.2 Å². The lowest BCUT2D eigenvalue weighted by molar-refractivity contribution is -0.132. The number of nitrogens with zero attached hydrogens (tertiary/aromatic N) is 1. The van der Waals surface area contributed by atoms with Crippen molar-refractivity contribution in [3.63, 3.8) is 0 Å². The molecule has 4 nitrogen and oxygen atoms in total. The van der Waals surface area contributed by atoms with Gasteiger partial charge in [-0.15, -0.1) is 12.4 Å². The molecule has 1 aromatic carbocycles. The minimum absolute atomic E-state index is 0. The van der Waals surface area contributed by atoms with Gasteiger partial charge in [0.25, 0.3) is 0 Å². The molecule has 130 valence electrons. The summed E-state index contributed by atoms with van der Waals surface area (Å²) >= 11 is 0. The summed E-state index contributed by atoms with van der Waals surface area (Å²) in [6.07, 6.45) is 2.85. The standard InChI is InChI=1S/C18H28N2O2.ClH/c1-14(2)22-17-9-5-4-8-16(17)11-18(21)20-10-6-7-15(13-20)12-19-3;/h4-5,8-9,14-15,19H,6-7,10-13H2,1-3H3;1H. The first kappa shape index (κ1) is 19.8. The molecular weight excluding hydrogens is 312 g/mol. The van der Waals surface area contributed by atoms with Gasteiger partial charge in [-0.05, 0) is 52.3 Å². The quantitative estimate of drug-likeness (QED) is 0.865. The monoisotopic (exact) mass is 340 g/mol. The summed E-state index contributed by atoms with van der Waals surface area (Å²) in [5.41, 5.74) is 0.983. The minimum Gasteiger partial charge on any atom is -0.491 e. The van der Waals surface area contributed by atoms with Gasteiger partial charge in [-0.3, -0.25) is 4.79 Å². The molecule has 0 aromatic heterocycles. The fraction of sp³-hybridized carbons (Fsp3) is 0.611. The summed E-state index contributed by atoms with van der Waals surface area (Å²) < 4.78 is 5.81. The number of halogens is 1. The second kappa shape index (κ2) is 9.78. The van der Waals surface area contributed by atoms with Gasteiger partial charge in [-0.1, -0.05) is 18.2 Å². The predicted molar refractivity (Wildman–Crippen MR) is 96.4 cm³/mol. The van der Waals surface area contributed by atoms with E-state index in [9.17, 15) is 4.79 Å². The van der Waals surface area contributed by atoms with E-state index in [4.69, 9.17) is 4.74 Å². The first-order valence-corrected chi connectivity index (χ1v) is 8.27. The second-order valence-electron chi connectivity index (χ2n) is 6.36. The molecule has 1 fully saturated rings. The lowest BCUT2D eigenvalue weighted by Gasteiger charge is -2.33. The Morgan fingerprint density at radius 1 is 1.39 bits per heavy atom. The van der Waals surface area contributed by atoms with E-state index in [0.717, 1.165) is 37.4 Å². The number of nitrogens with one attached hydrogen (secondary N) is 1. The Morgan fingerprint density at radius 3 is 2.83 bits per heavy atom. The summed E-state index contributed by atoms with van der Waals surface area (Å²) in [5, 5.41) is 3.22. The van der Waals surface area contributed by atoms with E-state index in [1.165, 1.54) is 6.42 Å². The van der Waals surface area contributed by atoms with Gasteiger partial charge in [0.05, 0.1) is 12.5 Å². The number of hydrogen-bond acceptors (Lipinski definition) is 3. The zero-order valence-electron chi connectivity index (χ0n) is 14.4. The van der Waals surface area contributed by atoms with Crippen LogP contribution in [0.1, 0.15) is 32.3 Å². The van der Waals surface area contributed by atoms with Crippen LogP contribution < -0.4 is 10.1 Å². The summed E-state index contributed by atoms with van der Waals surface area (Å²) in [6, 6.07) is 7.86. The van der Waals surface area contributed by atoms with Crippen LogP contribution in [0.25, 0.3) is 0 Å². The number of ether oxygens (including phenoxy) is 1. The molecule has 0 saturated carbocycles. The van der Waals surface area contributed by atoms with Crippen LogP contribution in [0.5, 0.6) is 5.75 Å². The normalized spacial score (nSPS) is 17.7. The number of amides is 1. The maximum Gasteiger partial charge on any atom is 0.227 e. The smallest absolute Gasteiger partial charge is 0.227 e. The van der Waals surface area contributed by atoms with Gasteiger partial charge in [0.2, 0.25) is 5.91 Å². The Bertz CT molecular complexity index is 492. The van der Waals surface area contributed by atoms with E-state index in [1.807, 2.05) is 50.1 Å². The van der Waals surface area contributed by atoms with E-state index >= 15 is 0 Å². The number of rotatable bonds is 6. The van der Waals surface area contributed by atoms with Gasteiger partial charge in [-0.25, -0.2) is 0 Å². The Labute approximate surface area is 146 Å². The summed E-state index contributed by atoms with van der Waals surface area (Å²) in [5.74, 6) is 1.61. The van der Waals surface area contributed by atoms with Gasteiger partial charge in [0, 0.05) is 18.7 Å². The van der Waals surface area contributed by atoms with Crippen molar-refractivity contribution < 1.29 is 9.53 Å². The Hall–Kier alpha value is -1.26. The Morgan fingerprint density at radius 2 is 2.13 bits per heavy atom. The van der Waals surface area contributed by atoms with Crippen LogP contribution in [0.4, 0.5) is 0 Å². The SMILES string of the molecule is CNCC1CCCN(C(=O)Cc2ccccc2OC(C)C)C1.Cl. The molecule has 23 heavy (non-hydrogen) atoms. The van der Waals surface area contributed by atoms with Gasteiger partial charge >= 0.3 is 0 Å². The van der Waals surface area contributed by atoms with E-state index in [2.05, 4.69) is 5.32 Å². The van der Waals surface area contributed by atoms with Gasteiger partial charge in [0.15, 0.2) is 0 Å². The molecule has 1 N–H and O–H groups in total. The van der Waals surface area contributed by atoms with Gasteiger partial charge in [-0.2, -0.15) is 0 Å². The number of piperidine rings is 1. The summed E-state index contributed by atoms with van der Waals surface area (Å²) in [4.78, 5) is 14.6. The Kier molecular flexibility index (Phi) is 8.42. The van der Waals surface area contributed by atoms with Crippen molar-refractivity contribution in [1.29, 1.82) is 0 Å². The van der Waals surface area contributed by atoms with Crippen molar-refractivity contribution in [2.24, 2.45) is 5.92 Å². The molecule has 0 spiro atoms. The molecule has 1 atom stereocenters. The van der Waals surface area contributed by atoms with E-state index in [0.29, 0.717) is 12.3 Å². The highest BCUT2D eigenvalue weighted by molar-refractivity contribution is 5.85. The third-order valence-electron chi connectivity index (χ3n) is 4.04. The molecule has 1 amide bonds. The fourth-order valence-corrected chi connectivity index (χ4v) is 3.04. The molecule has 0 bridgehead atoms. The number of benzene rings is 1. The van der Waals surface area contributed by atoms with Crippen LogP contribution in [0.15, 0.2) is 24.3 Å². The minimum atomic E-state index is 0. The van der Waals surface area contributed by atoms with Crippen molar-refractivity contribution >= 4 is 18.3 Å². The molecule has 5 heteroatoms. The van der Waals surface area contributed by atoms with E-state index in [-0.39, 0.29) is 24.4 Å². The third kappa shape index (κ3) is 6.04. The van der Waals surface area contributed by atoms with Crippen LogP contribution in [-0.4, -0.2) is 43.6 Å².